The summed E-state index contributed by atoms with van der Waals surface area (Å²) in [5, 5.41) is 42.4. The highest BCUT2D eigenvalue weighted by molar-refractivity contribution is 7.47. The summed E-state index contributed by atoms with van der Waals surface area (Å²) >= 11 is 0. The van der Waals surface area contributed by atoms with Gasteiger partial charge in [0.25, 0.3) is 11.8 Å². The number of hydrogen-bond donors (Lipinski definition) is 9. The van der Waals surface area contributed by atoms with Crippen LogP contribution in [0.25, 0.3) is 0 Å². The van der Waals surface area contributed by atoms with Gasteiger partial charge in [-0.3, -0.25) is 46.9 Å². The predicted octanol–water partition coefficient (Wildman–Crippen LogP) is 17.1. The van der Waals surface area contributed by atoms with E-state index in [4.69, 9.17) is 37.0 Å². The molecule has 0 saturated carbocycles. The molecule has 0 aliphatic heterocycles. The number of aliphatic hydroxyl groups excluding tert-OH is 2. The molecular formula is C82H148N4O21P2. The van der Waals surface area contributed by atoms with E-state index in [2.05, 4.69) is 87.1 Å². The maximum absolute atomic E-state index is 13.7. The molecule has 1 aromatic rings. The van der Waals surface area contributed by atoms with Gasteiger partial charge in [-0.1, -0.05) is 220 Å². The third-order valence-electron chi connectivity index (χ3n) is 18.4. The maximum atomic E-state index is 13.7. The summed E-state index contributed by atoms with van der Waals surface area (Å²) in [5.41, 5.74) is -0.358. The normalized spacial score (nSPS) is 14.5. The van der Waals surface area contributed by atoms with E-state index >= 15 is 0 Å². The Morgan fingerprint density at radius 2 is 0.716 bits per heavy atom. The van der Waals surface area contributed by atoms with E-state index in [0.29, 0.717) is 51.4 Å². The first-order valence-corrected chi connectivity index (χ1v) is 45.0. The number of carbonyl (C=O) groups excluding carboxylic acids is 6. The fourth-order valence-electron chi connectivity index (χ4n) is 12.0. The fraction of sp³-hybridized carbons (Fsp3) is 0.805. The highest BCUT2D eigenvalue weighted by atomic mass is 31.2. The van der Waals surface area contributed by atoms with Crippen LogP contribution in [0.4, 0.5) is 0 Å². The van der Waals surface area contributed by atoms with Crippen LogP contribution in [0.5, 0.6) is 5.75 Å². The van der Waals surface area contributed by atoms with E-state index in [1.165, 1.54) is 38.5 Å². The Hall–Kier alpha value is -4.62. The summed E-state index contributed by atoms with van der Waals surface area (Å²) in [6.45, 7) is 9.95. The highest BCUT2D eigenvalue weighted by Crippen LogP contribution is 2.44. The SMILES string of the molecule is CCCCCC/C=C\CCCC(=O)O[C@H](CCCCCCC)CC(=O)NC(COCC[C@H](O)CCCCCCC)COP(=O)(O)OCCNC(=O)c1cc(O)cc(C(=O)NCCOP(=O)(O)OCC(COCC[C@H](O)CCCCCCC)NC(=O)C[C@@H](CCCCCCC)OC(=O)CCC/C=C\CCCCCC)c1. The molecule has 0 radical (unpaired) electrons. The van der Waals surface area contributed by atoms with Gasteiger partial charge in [-0.15, -0.1) is 0 Å². The van der Waals surface area contributed by atoms with Gasteiger partial charge >= 0.3 is 27.6 Å². The highest BCUT2D eigenvalue weighted by Gasteiger charge is 2.29. The average Bonchev–Trinajstić information content (AvgIpc) is 0.848. The predicted molar refractivity (Wildman–Crippen MR) is 429 cm³/mol. The third-order valence-corrected chi connectivity index (χ3v) is 20.4. The van der Waals surface area contributed by atoms with Crippen molar-refractivity contribution in [2.24, 2.45) is 0 Å². The molecule has 0 fully saturated rings. The van der Waals surface area contributed by atoms with Crippen LogP contribution in [0.3, 0.4) is 0 Å². The van der Waals surface area contributed by atoms with Gasteiger partial charge < -0.3 is 65.3 Å². The van der Waals surface area contributed by atoms with Crippen molar-refractivity contribution in [1.82, 2.24) is 21.3 Å². The molecule has 0 heterocycles. The summed E-state index contributed by atoms with van der Waals surface area (Å²) in [5.74, 6) is -3.85. The largest absolute Gasteiger partial charge is 0.508 e. The molecule has 109 heavy (non-hydrogen) atoms. The van der Waals surface area contributed by atoms with Gasteiger partial charge in [-0.25, -0.2) is 9.13 Å². The molecule has 8 atom stereocenters. The van der Waals surface area contributed by atoms with Crippen molar-refractivity contribution in [3.05, 3.63) is 53.6 Å². The number of unbranched alkanes of at least 4 members (excludes halogenated alkanes) is 26. The minimum atomic E-state index is -4.85. The van der Waals surface area contributed by atoms with Crippen LogP contribution in [0.2, 0.25) is 0 Å². The summed E-state index contributed by atoms with van der Waals surface area (Å²) in [6.07, 6.45) is 43.0. The van der Waals surface area contributed by atoms with E-state index in [0.717, 1.165) is 185 Å². The molecule has 0 aliphatic carbocycles. The second-order valence-electron chi connectivity index (χ2n) is 28.9. The van der Waals surface area contributed by atoms with Crippen molar-refractivity contribution >= 4 is 51.2 Å². The molecule has 1 rings (SSSR count). The van der Waals surface area contributed by atoms with E-state index in [1.54, 1.807) is 0 Å². The van der Waals surface area contributed by atoms with Gasteiger partial charge in [0.05, 0.1) is 76.8 Å². The molecule has 0 bridgehead atoms. The first-order valence-electron chi connectivity index (χ1n) is 42.0. The molecule has 632 valence electrons. The molecule has 4 amide bonds. The molecule has 4 unspecified atom stereocenters. The van der Waals surface area contributed by atoms with Crippen LogP contribution in [0.1, 0.15) is 345 Å². The number of ether oxygens (including phenoxy) is 4. The van der Waals surface area contributed by atoms with Crippen molar-refractivity contribution in [3.63, 3.8) is 0 Å². The molecule has 0 aromatic heterocycles. The lowest BCUT2D eigenvalue weighted by Crippen LogP contribution is -2.43. The number of phosphoric ester groups is 2. The van der Waals surface area contributed by atoms with Gasteiger partial charge in [0.1, 0.15) is 18.0 Å². The Balaban J connectivity index is 3.03. The van der Waals surface area contributed by atoms with Crippen LogP contribution in [0, 0.1) is 0 Å². The van der Waals surface area contributed by atoms with E-state index in [1.807, 2.05) is 0 Å². The van der Waals surface area contributed by atoms with E-state index in [9.17, 15) is 63.0 Å². The minimum Gasteiger partial charge on any atom is -0.508 e. The van der Waals surface area contributed by atoms with E-state index < -0.39 is 120 Å². The average molecular weight is 1590 g/mol. The smallest absolute Gasteiger partial charge is 0.472 e. The molecule has 25 nitrogen and oxygen atoms in total. The van der Waals surface area contributed by atoms with Crippen LogP contribution in [0.15, 0.2) is 42.5 Å². The van der Waals surface area contributed by atoms with Gasteiger partial charge in [0.2, 0.25) is 11.8 Å². The molecular weight excluding hydrogens is 1440 g/mol. The number of hydrogen-bond acceptors (Lipinski definition) is 19. The van der Waals surface area contributed by atoms with Crippen molar-refractivity contribution in [2.45, 2.75) is 361 Å². The zero-order valence-electron chi connectivity index (χ0n) is 67.9. The Labute approximate surface area is 655 Å². The van der Waals surface area contributed by atoms with Crippen LogP contribution in [-0.4, -0.2) is 163 Å². The van der Waals surface area contributed by atoms with Gasteiger partial charge in [-0.2, -0.15) is 0 Å². The first-order chi connectivity index (χ1) is 52.6. The molecule has 27 heteroatoms. The molecule has 0 spiro atoms. The Morgan fingerprint density at radius 1 is 0.394 bits per heavy atom. The first kappa shape index (κ1) is 102. The quantitative estimate of drug-likeness (QED) is 0.0127. The number of aromatic hydroxyl groups is 1. The summed E-state index contributed by atoms with van der Waals surface area (Å²) in [4.78, 5) is 102. The lowest BCUT2D eigenvalue weighted by molar-refractivity contribution is -0.152. The van der Waals surface area contributed by atoms with E-state index in [-0.39, 0.29) is 76.3 Å². The van der Waals surface area contributed by atoms with Crippen LogP contribution >= 0.6 is 15.6 Å². The molecule has 1 aromatic carbocycles. The minimum absolute atomic E-state index is 0.132. The van der Waals surface area contributed by atoms with Crippen molar-refractivity contribution in [2.75, 3.05) is 65.9 Å². The summed E-state index contributed by atoms with van der Waals surface area (Å²) in [6, 6.07) is 1.37. The monoisotopic (exact) mass is 1590 g/mol. The number of benzene rings is 1. The van der Waals surface area contributed by atoms with Gasteiger partial charge in [0, 0.05) is 50.3 Å². The van der Waals surface area contributed by atoms with Crippen LogP contribution in [-0.2, 0) is 65.4 Å². The Morgan fingerprint density at radius 3 is 1.06 bits per heavy atom. The Bertz CT molecular complexity index is 2490. The number of phosphoric acid groups is 2. The lowest BCUT2D eigenvalue weighted by Gasteiger charge is -2.23. The van der Waals surface area contributed by atoms with Crippen molar-refractivity contribution in [1.29, 1.82) is 0 Å². The molecule has 9 N–H and O–H groups in total. The maximum Gasteiger partial charge on any atom is 0.472 e. The summed E-state index contributed by atoms with van der Waals surface area (Å²) in [7, 11) is -9.70. The number of phenols is 1. The molecule has 0 saturated heterocycles. The van der Waals surface area contributed by atoms with Gasteiger partial charge in [-0.05, 0) is 121 Å². The number of aliphatic hydroxyl groups is 2. The number of carbonyl (C=O) groups is 6. The molecule has 0 aliphatic rings. The van der Waals surface area contributed by atoms with Crippen molar-refractivity contribution < 1.29 is 100 Å². The second kappa shape index (κ2) is 68.9. The third kappa shape index (κ3) is 61.6. The summed E-state index contributed by atoms with van der Waals surface area (Å²) < 4.78 is 71.0. The topological polar surface area (TPSA) is 360 Å². The second-order valence-corrected chi connectivity index (χ2v) is 31.8. The number of amides is 4. The number of allylic oxidation sites excluding steroid dienone is 4. The zero-order valence-corrected chi connectivity index (χ0v) is 69.6. The fourth-order valence-corrected chi connectivity index (χ4v) is 13.5. The number of phenolic OH excluding ortho intramolecular Hbond substituents is 1. The zero-order chi connectivity index (χ0) is 80.3. The van der Waals surface area contributed by atoms with Crippen LogP contribution < -0.4 is 21.3 Å². The van der Waals surface area contributed by atoms with Gasteiger partial charge in [0.15, 0.2) is 0 Å². The number of esters is 2. The number of rotatable bonds is 76. The lowest BCUT2D eigenvalue weighted by atomic mass is 10.1. The Kier molecular flexibility index (Phi) is 64.7. The number of nitrogens with one attached hydrogen (secondary N) is 4. The standard InChI is InChI=1S/C82H148N4O21P2/c1-7-13-19-25-27-29-31-37-43-49-79(92)106-75(47-41-35-23-17-11-5)62-77(90)85-70(64-100-55-51-72(87)45-39-33-21-15-9-3)66-104-108(96,97)102-57-53-83-81(94)68-59-69(61-74(89)60-68)82(95)84-54-58-103-109(98,99)105-67-71(65-101-56-52-73(88)46-40-34-22-16-10-4)86-78(91)63-76(48-42-36-24-18-12-6)107-80(93)50-44-38-32-30-28-26-20-14-8-2/h29-32,59-61,70-73,75-76,87-89H,7-28,33-58,62-67H2,1-6H3,(H,83,94)(H,84,95)(H,85,90)(H,86,91)(H,96,97)(H,98,99)/b31-29-,32-30-/t70?,71?,72-,73-,75-,76-/m1/s1. The van der Waals surface area contributed by atoms with Crippen molar-refractivity contribution in [3.8, 4) is 5.75 Å².